The van der Waals surface area contributed by atoms with Crippen molar-refractivity contribution in [2.45, 2.75) is 32.2 Å². The van der Waals surface area contributed by atoms with Gasteiger partial charge in [0.15, 0.2) is 5.83 Å². The van der Waals surface area contributed by atoms with Crippen LogP contribution in [0.3, 0.4) is 0 Å². The number of allylic oxidation sites excluding steroid dienone is 1. The van der Waals surface area contributed by atoms with Gasteiger partial charge in [-0.1, -0.05) is 0 Å². The lowest BCUT2D eigenvalue weighted by atomic mass is 10.2. The number of hydrogen-bond donors (Lipinski definition) is 2. The zero-order chi connectivity index (χ0) is 10.1. The molecule has 0 aromatic carbocycles. The summed E-state index contributed by atoms with van der Waals surface area (Å²) in [5, 5.41) is 11.3. The molecule has 0 radical (unpaired) electrons. The Balaban J connectivity index is 2.56. The maximum Gasteiger partial charge on any atom is 0.280 e. The van der Waals surface area contributed by atoms with Crippen LogP contribution in [0.25, 0.3) is 0 Å². The van der Waals surface area contributed by atoms with Gasteiger partial charge >= 0.3 is 0 Å². The highest BCUT2D eigenvalue weighted by Gasteiger charge is 2.43. The third-order valence-corrected chi connectivity index (χ3v) is 2.17. The van der Waals surface area contributed by atoms with E-state index in [2.05, 4.69) is 5.32 Å². The predicted molar refractivity (Wildman–Crippen MR) is 46.7 cm³/mol. The SMILES string of the molecule is CC(C)=C(F)C(=O)NC1(CO)CC1. The van der Waals surface area contributed by atoms with Crippen LogP contribution in [0, 0.1) is 0 Å². The molecular formula is C9H14FNO2. The van der Waals surface area contributed by atoms with Gasteiger partial charge in [-0.05, 0) is 32.3 Å². The lowest BCUT2D eigenvalue weighted by molar-refractivity contribution is -0.120. The molecule has 0 unspecified atom stereocenters. The third kappa shape index (κ3) is 2.28. The Hall–Kier alpha value is -0.900. The van der Waals surface area contributed by atoms with Crippen molar-refractivity contribution in [1.29, 1.82) is 0 Å². The van der Waals surface area contributed by atoms with E-state index in [0.29, 0.717) is 5.57 Å². The summed E-state index contributed by atoms with van der Waals surface area (Å²) in [4.78, 5) is 11.1. The number of carbonyl (C=O) groups is 1. The number of aliphatic hydroxyl groups is 1. The van der Waals surface area contributed by atoms with Gasteiger partial charge in [-0.25, -0.2) is 4.39 Å². The number of aliphatic hydroxyl groups excluding tert-OH is 1. The van der Waals surface area contributed by atoms with Crippen molar-refractivity contribution in [3.63, 3.8) is 0 Å². The number of nitrogens with one attached hydrogen (secondary N) is 1. The smallest absolute Gasteiger partial charge is 0.280 e. The number of carbonyl (C=O) groups excluding carboxylic acids is 1. The highest BCUT2D eigenvalue weighted by atomic mass is 19.1. The first kappa shape index (κ1) is 10.2. The van der Waals surface area contributed by atoms with Crippen LogP contribution in [0.15, 0.2) is 11.4 Å². The largest absolute Gasteiger partial charge is 0.394 e. The Kier molecular flexibility index (Phi) is 2.71. The van der Waals surface area contributed by atoms with Crippen LogP contribution in [0.4, 0.5) is 4.39 Å². The number of amides is 1. The zero-order valence-corrected chi connectivity index (χ0v) is 7.85. The van der Waals surface area contributed by atoms with Crippen LogP contribution < -0.4 is 5.32 Å². The molecule has 74 valence electrons. The molecule has 3 nitrogen and oxygen atoms in total. The molecule has 0 atom stereocenters. The molecule has 4 heteroatoms. The fraction of sp³-hybridized carbons (Fsp3) is 0.667. The van der Waals surface area contributed by atoms with E-state index in [-0.39, 0.29) is 6.61 Å². The highest BCUT2D eigenvalue weighted by Crippen LogP contribution is 2.34. The average molecular weight is 187 g/mol. The number of rotatable bonds is 3. The maximum atomic E-state index is 13.0. The topological polar surface area (TPSA) is 49.3 Å². The molecule has 13 heavy (non-hydrogen) atoms. The Morgan fingerprint density at radius 1 is 1.54 bits per heavy atom. The van der Waals surface area contributed by atoms with Crippen LogP contribution >= 0.6 is 0 Å². The fourth-order valence-electron chi connectivity index (χ4n) is 0.996. The molecule has 2 N–H and O–H groups in total. The Labute approximate surface area is 76.6 Å². The second-order valence-corrected chi connectivity index (χ2v) is 3.71. The summed E-state index contributed by atoms with van der Waals surface area (Å²) in [6.07, 6.45) is 1.45. The molecule has 1 amide bonds. The van der Waals surface area contributed by atoms with E-state index in [1.807, 2.05) is 0 Å². The summed E-state index contributed by atoms with van der Waals surface area (Å²) in [7, 11) is 0. The van der Waals surface area contributed by atoms with Gasteiger partial charge in [0.25, 0.3) is 5.91 Å². The van der Waals surface area contributed by atoms with Crippen molar-refractivity contribution in [1.82, 2.24) is 5.32 Å². The van der Waals surface area contributed by atoms with Gasteiger partial charge in [0.1, 0.15) is 0 Å². The zero-order valence-electron chi connectivity index (χ0n) is 7.85. The van der Waals surface area contributed by atoms with Gasteiger partial charge < -0.3 is 10.4 Å². The van der Waals surface area contributed by atoms with Crippen LogP contribution in [-0.4, -0.2) is 23.2 Å². The van der Waals surface area contributed by atoms with Crippen LogP contribution in [0.1, 0.15) is 26.7 Å². The molecule has 0 saturated heterocycles. The van der Waals surface area contributed by atoms with Crippen molar-refractivity contribution < 1.29 is 14.3 Å². The summed E-state index contributed by atoms with van der Waals surface area (Å²) in [5.41, 5.74) is -0.185. The molecule has 0 bridgehead atoms. The summed E-state index contributed by atoms with van der Waals surface area (Å²) in [6, 6.07) is 0. The van der Waals surface area contributed by atoms with Gasteiger partial charge in [0, 0.05) is 0 Å². The molecule has 1 aliphatic carbocycles. The molecule has 0 aromatic rings. The average Bonchev–Trinajstić information content (AvgIpc) is 2.84. The second kappa shape index (κ2) is 3.46. The normalized spacial score (nSPS) is 17.8. The first-order chi connectivity index (χ1) is 6.01. The minimum Gasteiger partial charge on any atom is -0.394 e. The van der Waals surface area contributed by atoms with Crippen molar-refractivity contribution in [3.05, 3.63) is 11.4 Å². The molecule has 1 aliphatic rings. The minimum absolute atomic E-state index is 0.116. The van der Waals surface area contributed by atoms with E-state index in [9.17, 15) is 9.18 Å². The van der Waals surface area contributed by atoms with Gasteiger partial charge in [0.2, 0.25) is 0 Å². The standard InChI is InChI=1S/C9H14FNO2/c1-6(2)7(10)8(13)11-9(5-12)3-4-9/h12H,3-5H2,1-2H3,(H,11,13). The summed E-state index contributed by atoms with van der Waals surface area (Å²) in [6.45, 7) is 2.95. The van der Waals surface area contributed by atoms with Gasteiger partial charge in [0.05, 0.1) is 12.1 Å². The van der Waals surface area contributed by atoms with Crippen LogP contribution in [-0.2, 0) is 4.79 Å². The van der Waals surface area contributed by atoms with E-state index < -0.39 is 17.3 Å². The second-order valence-electron chi connectivity index (χ2n) is 3.71. The van der Waals surface area contributed by atoms with Crippen molar-refractivity contribution in [2.24, 2.45) is 0 Å². The molecule has 0 aromatic heterocycles. The molecule has 1 fully saturated rings. The minimum atomic E-state index is -0.750. The monoisotopic (exact) mass is 187 g/mol. The van der Waals surface area contributed by atoms with E-state index in [4.69, 9.17) is 5.11 Å². The molecule has 0 aliphatic heterocycles. The van der Waals surface area contributed by atoms with E-state index >= 15 is 0 Å². The number of hydrogen-bond acceptors (Lipinski definition) is 2. The van der Waals surface area contributed by atoms with Crippen molar-refractivity contribution in [2.75, 3.05) is 6.61 Å². The van der Waals surface area contributed by atoms with Gasteiger partial charge in [-0.2, -0.15) is 0 Å². The van der Waals surface area contributed by atoms with E-state index in [0.717, 1.165) is 12.8 Å². The maximum absolute atomic E-state index is 13.0. The van der Waals surface area contributed by atoms with Crippen molar-refractivity contribution in [3.8, 4) is 0 Å². The molecular weight excluding hydrogens is 173 g/mol. The van der Waals surface area contributed by atoms with Gasteiger partial charge in [-0.3, -0.25) is 4.79 Å². The molecule has 0 spiro atoms. The van der Waals surface area contributed by atoms with Crippen LogP contribution in [0.5, 0.6) is 0 Å². The number of halogens is 1. The fourth-order valence-corrected chi connectivity index (χ4v) is 0.996. The van der Waals surface area contributed by atoms with Gasteiger partial charge in [-0.15, -0.1) is 0 Å². The molecule has 0 heterocycles. The Morgan fingerprint density at radius 3 is 2.38 bits per heavy atom. The summed E-state index contributed by atoms with van der Waals surface area (Å²) in [5.74, 6) is -1.47. The quantitative estimate of drug-likeness (QED) is 0.645. The molecule has 1 saturated carbocycles. The Bertz CT molecular complexity index is 252. The highest BCUT2D eigenvalue weighted by molar-refractivity contribution is 5.92. The Morgan fingerprint density at radius 2 is 2.08 bits per heavy atom. The third-order valence-electron chi connectivity index (χ3n) is 2.17. The van der Waals surface area contributed by atoms with Crippen molar-refractivity contribution >= 4 is 5.91 Å². The summed E-state index contributed by atoms with van der Waals surface area (Å²) >= 11 is 0. The first-order valence-electron chi connectivity index (χ1n) is 4.27. The molecule has 1 rings (SSSR count). The first-order valence-corrected chi connectivity index (χ1v) is 4.27. The predicted octanol–water partition coefficient (Wildman–Crippen LogP) is 0.891. The summed E-state index contributed by atoms with van der Waals surface area (Å²) < 4.78 is 13.0. The van der Waals surface area contributed by atoms with E-state index in [1.165, 1.54) is 13.8 Å². The lowest BCUT2D eigenvalue weighted by Gasteiger charge is -2.13. The van der Waals surface area contributed by atoms with Crippen LogP contribution in [0.2, 0.25) is 0 Å². The van der Waals surface area contributed by atoms with E-state index in [1.54, 1.807) is 0 Å². The lowest BCUT2D eigenvalue weighted by Crippen LogP contribution is -2.39.